The molecule has 0 saturated heterocycles. The highest BCUT2D eigenvalue weighted by molar-refractivity contribution is 6.04. The average Bonchev–Trinajstić information content (AvgIpc) is 3.13. The average molecular weight is 369 g/mol. The van der Waals surface area contributed by atoms with Crippen molar-refractivity contribution in [2.24, 2.45) is 5.10 Å². The molecule has 0 aromatic heterocycles. The predicted molar refractivity (Wildman–Crippen MR) is 106 cm³/mol. The van der Waals surface area contributed by atoms with Gasteiger partial charge in [-0.2, -0.15) is 5.10 Å². The quantitative estimate of drug-likeness (QED) is 0.843. The van der Waals surface area contributed by atoms with Crippen LogP contribution in [-0.2, 0) is 0 Å². The Morgan fingerprint density at radius 3 is 2.15 bits per heavy atom. The number of ether oxygens (including phenoxy) is 3. The summed E-state index contributed by atoms with van der Waals surface area (Å²) in [5.74, 6) is 1.20. The number of nitrogens with one attached hydrogen (secondary N) is 1. The van der Waals surface area contributed by atoms with Crippen LogP contribution in [0.25, 0.3) is 0 Å². The highest BCUT2D eigenvalue weighted by Crippen LogP contribution is 2.40. The molecule has 27 heavy (non-hydrogen) atoms. The van der Waals surface area contributed by atoms with Gasteiger partial charge in [-0.1, -0.05) is 0 Å². The van der Waals surface area contributed by atoms with Gasteiger partial charge in [0.05, 0.1) is 27.0 Å². The van der Waals surface area contributed by atoms with E-state index in [0.29, 0.717) is 28.5 Å². The first-order valence-electron chi connectivity index (χ1n) is 8.58. The second kappa shape index (κ2) is 7.99. The summed E-state index contributed by atoms with van der Waals surface area (Å²) in [5.41, 5.74) is 3.18. The fourth-order valence-corrected chi connectivity index (χ4v) is 2.90. The Labute approximate surface area is 158 Å². The molecule has 0 atom stereocenters. The summed E-state index contributed by atoms with van der Waals surface area (Å²) in [6.07, 6.45) is 0.962. The highest BCUT2D eigenvalue weighted by atomic mass is 16.5. The van der Waals surface area contributed by atoms with E-state index >= 15 is 0 Å². The summed E-state index contributed by atoms with van der Waals surface area (Å²) in [4.78, 5) is 12.6. The summed E-state index contributed by atoms with van der Waals surface area (Å²) < 4.78 is 15.9. The lowest BCUT2D eigenvalue weighted by molar-refractivity contribution is 0.102. The van der Waals surface area contributed by atoms with Crippen molar-refractivity contribution >= 4 is 23.0 Å². The summed E-state index contributed by atoms with van der Waals surface area (Å²) in [7, 11) is 4.60. The zero-order valence-electron chi connectivity index (χ0n) is 15.9. The topological polar surface area (TPSA) is 72.4 Å². The van der Waals surface area contributed by atoms with Crippen molar-refractivity contribution in [1.82, 2.24) is 0 Å². The Hall–Kier alpha value is -3.22. The molecule has 1 heterocycles. The number of nitrogens with zero attached hydrogens (tertiary/aromatic N) is 2. The molecule has 7 nitrogen and oxygen atoms in total. The summed E-state index contributed by atoms with van der Waals surface area (Å²) >= 11 is 0. The standard InChI is InChI=1S/C20H23N3O4/c1-13-9-10-23(22-13)16-7-5-14(6-8-16)20(24)21-15-11-17(25-2)19(27-4)18(12-15)26-3/h5-8,11-12H,9-10H2,1-4H3,(H,21,24). The second-order valence-corrected chi connectivity index (χ2v) is 6.12. The van der Waals surface area contributed by atoms with E-state index in [0.717, 1.165) is 24.4 Å². The molecular formula is C20H23N3O4. The minimum Gasteiger partial charge on any atom is -0.493 e. The van der Waals surface area contributed by atoms with E-state index in [2.05, 4.69) is 10.4 Å². The van der Waals surface area contributed by atoms with Crippen LogP contribution in [0.1, 0.15) is 23.7 Å². The number of anilines is 2. The van der Waals surface area contributed by atoms with E-state index in [-0.39, 0.29) is 5.91 Å². The lowest BCUT2D eigenvalue weighted by Crippen LogP contribution is -2.14. The zero-order valence-corrected chi connectivity index (χ0v) is 15.9. The van der Waals surface area contributed by atoms with Crippen LogP contribution >= 0.6 is 0 Å². The maximum Gasteiger partial charge on any atom is 0.255 e. The van der Waals surface area contributed by atoms with Gasteiger partial charge in [-0.25, -0.2) is 0 Å². The summed E-state index contributed by atoms with van der Waals surface area (Å²) in [6.45, 7) is 2.88. The molecule has 7 heteroatoms. The van der Waals surface area contributed by atoms with Crippen LogP contribution in [0.4, 0.5) is 11.4 Å². The number of carbonyl (C=O) groups excluding carboxylic acids is 1. The van der Waals surface area contributed by atoms with E-state index in [1.807, 2.05) is 24.1 Å². The Balaban J connectivity index is 1.77. The van der Waals surface area contributed by atoms with E-state index in [4.69, 9.17) is 14.2 Å². The van der Waals surface area contributed by atoms with Crippen LogP contribution < -0.4 is 24.5 Å². The molecule has 0 saturated carbocycles. The predicted octanol–water partition coefficient (Wildman–Crippen LogP) is 3.55. The minimum atomic E-state index is -0.225. The smallest absolute Gasteiger partial charge is 0.255 e. The van der Waals surface area contributed by atoms with Gasteiger partial charge in [0.15, 0.2) is 11.5 Å². The van der Waals surface area contributed by atoms with E-state index < -0.39 is 0 Å². The molecule has 1 N–H and O–H groups in total. The molecule has 1 aliphatic heterocycles. The van der Waals surface area contributed by atoms with Gasteiger partial charge in [-0.15, -0.1) is 0 Å². The molecular weight excluding hydrogens is 346 g/mol. The molecule has 0 fully saturated rings. The Bertz CT molecular complexity index is 837. The maximum atomic E-state index is 12.6. The largest absolute Gasteiger partial charge is 0.493 e. The van der Waals surface area contributed by atoms with Gasteiger partial charge in [0, 0.05) is 42.1 Å². The number of amides is 1. The van der Waals surface area contributed by atoms with Crippen LogP contribution in [0.15, 0.2) is 41.5 Å². The Morgan fingerprint density at radius 2 is 1.67 bits per heavy atom. The van der Waals surface area contributed by atoms with Crippen molar-refractivity contribution in [2.45, 2.75) is 13.3 Å². The van der Waals surface area contributed by atoms with Gasteiger partial charge in [0.2, 0.25) is 5.75 Å². The van der Waals surface area contributed by atoms with Gasteiger partial charge >= 0.3 is 0 Å². The normalized spacial score (nSPS) is 13.2. The molecule has 2 aromatic carbocycles. The van der Waals surface area contributed by atoms with Crippen LogP contribution in [0, 0.1) is 0 Å². The fraction of sp³-hybridized carbons (Fsp3) is 0.300. The molecule has 0 radical (unpaired) electrons. The van der Waals surface area contributed by atoms with Crippen molar-refractivity contribution in [3.63, 3.8) is 0 Å². The van der Waals surface area contributed by atoms with Crippen molar-refractivity contribution < 1.29 is 19.0 Å². The van der Waals surface area contributed by atoms with Crippen molar-refractivity contribution in [1.29, 1.82) is 0 Å². The Kier molecular flexibility index (Phi) is 5.49. The van der Waals surface area contributed by atoms with Crippen LogP contribution in [0.3, 0.4) is 0 Å². The summed E-state index contributed by atoms with van der Waals surface area (Å²) in [6, 6.07) is 10.7. The highest BCUT2D eigenvalue weighted by Gasteiger charge is 2.16. The first-order valence-corrected chi connectivity index (χ1v) is 8.58. The molecule has 3 rings (SSSR count). The van der Waals surface area contributed by atoms with Crippen LogP contribution in [-0.4, -0.2) is 39.5 Å². The monoisotopic (exact) mass is 369 g/mol. The molecule has 2 aromatic rings. The first kappa shape index (κ1) is 18.6. The second-order valence-electron chi connectivity index (χ2n) is 6.12. The molecule has 142 valence electrons. The molecule has 1 aliphatic rings. The van der Waals surface area contributed by atoms with Gasteiger partial charge in [0.1, 0.15) is 0 Å². The first-order chi connectivity index (χ1) is 13.0. The molecule has 0 bridgehead atoms. The van der Waals surface area contributed by atoms with E-state index in [1.54, 1.807) is 24.3 Å². The van der Waals surface area contributed by atoms with Gasteiger partial charge in [-0.3, -0.25) is 9.80 Å². The third-order valence-electron chi connectivity index (χ3n) is 4.33. The van der Waals surface area contributed by atoms with E-state index in [9.17, 15) is 4.79 Å². The van der Waals surface area contributed by atoms with Crippen molar-refractivity contribution in [3.05, 3.63) is 42.0 Å². The maximum absolute atomic E-state index is 12.6. The molecule has 0 spiro atoms. The van der Waals surface area contributed by atoms with Crippen LogP contribution in [0.2, 0.25) is 0 Å². The molecule has 0 unspecified atom stereocenters. The third kappa shape index (κ3) is 3.97. The molecule has 1 amide bonds. The van der Waals surface area contributed by atoms with Crippen molar-refractivity contribution in [2.75, 3.05) is 38.2 Å². The number of methoxy groups -OCH3 is 3. The SMILES string of the molecule is COc1cc(NC(=O)c2ccc(N3CCC(C)=N3)cc2)cc(OC)c1OC. The number of benzene rings is 2. The number of rotatable bonds is 6. The number of hydrogen-bond donors (Lipinski definition) is 1. The molecule has 0 aliphatic carbocycles. The fourth-order valence-electron chi connectivity index (χ4n) is 2.90. The van der Waals surface area contributed by atoms with Gasteiger partial charge in [0.25, 0.3) is 5.91 Å². The van der Waals surface area contributed by atoms with Crippen LogP contribution in [0.5, 0.6) is 17.2 Å². The van der Waals surface area contributed by atoms with Gasteiger partial charge in [-0.05, 0) is 31.2 Å². The minimum absolute atomic E-state index is 0.225. The number of carbonyl (C=O) groups is 1. The van der Waals surface area contributed by atoms with Gasteiger partial charge < -0.3 is 19.5 Å². The number of hydrogen-bond acceptors (Lipinski definition) is 6. The van der Waals surface area contributed by atoms with E-state index in [1.165, 1.54) is 21.3 Å². The zero-order chi connectivity index (χ0) is 19.4. The number of hydrazone groups is 1. The summed E-state index contributed by atoms with van der Waals surface area (Å²) in [5, 5.41) is 9.27. The third-order valence-corrected chi connectivity index (χ3v) is 4.33. The Morgan fingerprint density at radius 1 is 1.04 bits per heavy atom. The lowest BCUT2D eigenvalue weighted by atomic mass is 10.1. The van der Waals surface area contributed by atoms with Crippen molar-refractivity contribution in [3.8, 4) is 17.2 Å². The lowest BCUT2D eigenvalue weighted by Gasteiger charge is -2.15.